The highest BCUT2D eigenvalue weighted by atomic mass is 35.5. The Morgan fingerprint density at radius 1 is 1.23 bits per heavy atom. The Bertz CT molecular complexity index is 658. The first-order chi connectivity index (χ1) is 10.5. The number of carbonyl (C=O) groups excluding carboxylic acids is 1. The summed E-state index contributed by atoms with van der Waals surface area (Å²) in [6.07, 6.45) is 0. The van der Waals surface area contributed by atoms with Gasteiger partial charge in [0, 0.05) is 10.6 Å². The summed E-state index contributed by atoms with van der Waals surface area (Å²) < 4.78 is 5.09. The minimum absolute atomic E-state index is 0.0631. The molecule has 1 atom stereocenters. The van der Waals surface area contributed by atoms with Gasteiger partial charge in [0.25, 0.3) is 0 Å². The van der Waals surface area contributed by atoms with Crippen LogP contribution in [0.5, 0.6) is 5.75 Å². The van der Waals surface area contributed by atoms with Crippen molar-refractivity contribution in [3.63, 3.8) is 0 Å². The summed E-state index contributed by atoms with van der Waals surface area (Å²) in [4.78, 5) is 13.3. The number of amides is 1. The predicted molar refractivity (Wildman–Crippen MR) is 93.1 cm³/mol. The maximum atomic E-state index is 12.2. The van der Waals surface area contributed by atoms with Crippen molar-refractivity contribution < 1.29 is 9.53 Å². The molecule has 0 spiro atoms. The summed E-state index contributed by atoms with van der Waals surface area (Å²) in [5, 5.41) is 3.13. The molecule has 2 rings (SSSR count). The van der Waals surface area contributed by atoms with E-state index in [9.17, 15) is 4.79 Å². The Hall–Kier alpha value is -1.65. The van der Waals surface area contributed by atoms with Crippen molar-refractivity contribution in [3.05, 3.63) is 53.1 Å². The van der Waals surface area contributed by atoms with Crippen molar-refractivity contribution in [2.45, 2.75) is 24.0 Å². The molecular formula is C17H18ClNO2S. The standard InChI is InChI=1S/C17H18ClNO2S/c1-11-4-7-14(8-5-11)22-12(2)17(20)19-13-6-9-16(21-3)15(18)10-13/h4-10,12H,1-3H3,(H,19,20)/t12-/m1/s1. The van der Waals surface area contributed by atoms with E-state index in [2.05, 4.69) is 5.32 Å². The summed E-state index contributed by atoms with van der Waals surface area (Å²) in [5.74, 6) is 0.522. The molecule has 0 unspecified atom stereocenters. The maximum Gasteiger partial charge on any atom is 0.237 e. The molecule has 0 radical (unpaired) electrons. The molecular weight excluding hydrogens is 318 g/mol. The van der Waals surface area contributed by atoms with Crippen molar-refractivity contribution in [2.24, 2.45) is 0 Å². The molecule has 0 saturated carbocycles. The van der Waals surface area contributed by atoms with Gasteiger partial charge in [0.15, 0.2) is 0 Å². The maximum absolute atomic E-state index is 12.2. The first-order valence-corrected chi connectivity index (χ1v) is 8.13. The third kappa shape index (κ3) is 4.42. The molecule has 0 fully saturated rings. The number of rotatable bonds is 5. The lowest BCUT2D eigenvalue weighted by atomic mass is 10.2. The Balaban J connectivity index is 1.99. The van der Waals surface area contributed by atoms with Crippen molar-refractivity contribution in [3.8, 4) is 5.75 Å². The summed E-state index contributed by atoms with van der Waals surface area (Å²) in [7, 11) is 1.56. The van der Waals surface area contributed by atoms with Crippen LogP contribution in [0.3, 0.4) is 0 Å². The summed E-state index contributed by atoms with van der Waals surface area (Å²) in [5.41, 5.74) is 1.86. The van der Waals surface area contributed by atoms with Gasteiger partial charge in [-0.1, -0.05) is 29.3 Å². The fourth-order valence-corrected chi connectivity index (χ4v) is 2.99. The number of hydrogen-bond acceptors (Lipinski definition) is 3. The molecule has 0 saturated heterocycles. The minimum Gasteiger partial charge on any atom is -0.495 e. The zero-order chi connectivity index (χ0) is 16.1. The van der Waals surface area contributed by atoms with Crippen molar-refractivity contribution in [2.75, 3.05) is 12.4 Å². The fraction of sp³-hybridized carbons (Fsp3) is 0.235. The Kier molecular flexibility index (Phi) is 5.75. The molecule has 1 N–H and O–H groups in total. The molecule has 0 aromatic heterocycles. The lowest BCUT2D eigenvalue weighted by molar-refractivity contribution is -0.115. The van der Waals surface area contributed by atoms with Gasteiger partial charge in [-0.15, -0.1) is 11.8 Å². The van der Waals surface area contributed by atoms with E-state index < -0.39 is 0 Å². The smallest absolute Gasteiger partial charge is 0.237 e. The highest BCUT2D eigenvalue weighted by molar-refractivity contribution is 8.00. The number of ether oxygens (including phenoxy) is 1. The first kappa shape index (κ1) is 16.7. The monoisotopic (exact) mass is 335 g/mol. The van der Waals surface area contributed by atoms with Gasteiger partial charge in [-0.25, -0.2) is 0 Å². The number of methoxy groups -OCH3 is 1. The van der Waals surface area contributed by atoms with Crippen LogP contribution in [0.1, 0.15) is 12.5 Å². The highest BCUT2D eigenvalue weighted by Crippen LogP contribution is 2.28. The van der Waals surface area contributed by atoms with E-state index in [1.165, 1.54) is 17.3 Å². The molecule has 0 bridgehead atoms. The van der Waals surface area contributed by atoms with Gasteiger partial charge in [-0.2, -0.15) is 0 Å². The molecule has 3 nitrogen and oxygen atoms in total. The number of aryl methyl sites for hydroxylation is 1. The van der Waals surface area contributed by atoms with Gasteiger partial charge in [0.1, 0.15) is 5.75 Å². The molecule has 5 heteroatoms. The fourth-order valence-electron chi connectivity index (χ4n) is 1.86. The second kappa shape index (κ2) is 7.56. The van der Waals surface area contributed by atoms with Crippen LogP contribution in [0.15, 0.2) is 47.4 Å². The molecule has 116 valence electrons. The molecule has 0 aliphatic rings. The van der Waals surface area contributed by atoms with Crippen LogP contribution in [0.25, 0.3) is 0 Å². The van der Waals surface area contributed by atoms with Crippen LogP contribution in [-0.4, -0.2) is 18.3 Å². The number of halogens is 1. The number of thioether (sulfide) groups is 1. The van der Waals surface area contributed by atoms with E-state index in [4.69, 9.17) is 16.3 Å². The second-order valence-corrected chi connectivity index (χ2v) is 6.73. The topological polar surface area (TPSA) is 38.3 Å². The Morgan fingerprint density at radius 2 is 1.91 bits per heavy atom. The van der Waals surface area contributed by atoms with Crippen LogP contribution in [0.4, 0.5) is 5.69 Å². The van der Waals surface area contributed by atoms with Gasteiger partial charge in [-0.05, 0) is 44.2 Å². The average Bonchev–Trinajstić information content (AvgIpc) is 2.49. The van der Waals surface area contributed by atoms with Gasteiger partial charge in [-0.3, -0.25) is 4.79 Å². The third-order valence-corrected chi connectivity index (χ3v) is 4.53. The van der Waals surface area contributed by atoms with E-state index in [1.54, 1.807) is 25.3 Å². The van der Waals surface area contributed by atoms with Crippen molar-refractivity contribution in [1.29, 1.82) is 0 Å². The first-order valence-electron chi connectivity index (χ1n) is 6.87. The normalized spacial score (nSPS) is 11.8. The Morgan fingerprint density at radius 3 is 2.50 bits per heavy atom. The lowest BCUT2D eigenvalue weighted by Gasteiger charge is -2.13. The SMILES string of the molecule is COc1ccc(NC(=O)[C@@H](C)Sc2ccc(C)cc2)cc1Cl. The summed E-state index contributed by atoms with van der Waals surface area (Å²) in [6.45, 7) is 3.92. The molecule has 2 aromatic carbocycles. The average molecular weight is 336 g/mol. The highest BCUT2D eigenvalue weighted by Gasteiger charge is 2.15. The van der Waals surface area contributed by atoms with E-state index in [1.807, 2.05) is 38.1 Å². The number of anilines is 1. The van der Waals surface area contributed by atoms with Gasteiger partial charge in [0.05, 0.1) is 17.4 Å². The van der Waals surface area contributed by atoms with Crippen molar-refractivity contribution in [1.82, 2.24) is 0 Å². The summed E-state index contributed by atoms with van der Waals surface area (Å²) >= 11 is 7.58. The number of hydrogen-bond donors (Lipinski definition) is 1. The van der Waals surface area contributed by atoms with E-state index in [0.717, 1.165) is 4.90 Å². The van der Waals surface area contributed by atoms with Gasteiger partial charge < -0.3 is 10.1 Å². The molecule has 2 aromatic rings. The summed E-state index contributed by atoms with van der Waals surface area (Å²) in [6, 6.07) is 13.3. The number of carbonyl (C=O) groups is 1. The van der Waals surface area contributed by atoms with Crippen LogP contribution < -0.4 is 10.1 Å². The van der Waals surface area contributed by atoms with Crippen LogP contribution in [0, 0.1) is 6.92 Å². The van der Waals surface area contributed by atoms with Crippen LogP contribution in [0.2, 0.25) is 5.02 Å². The molecule has 0 heterocycles. The minimum atomic E-state index is -0.205. The van der Waals surface area contributed by atoms with Gasteiger partial charge >= 0.3 is 0 Å². The van der Waals surface area contributed by atoms with Crippen molar-refractivity contribution >= 4 is 35.0 Å². The van der Waals surface area contributed by atoms with E-state index in [-0.39, 0.29) is 11.2 Å². The zero-order valence-corrected chi connectivity index (χ0v) is 14.3. The molecule has 1 amide bonds. The number of nitrogens with one attached hydrogen (secondary N) is 1. The predicted octanol–water partition coefficient (Wildman–Crippen LogP) is 4.78. The molecule has 0 aliphatic heterocycles. The second-order valence-electron chi connectivity index (χ2n) is 4.91. The van der Waals surface area contributed by atoms with Crippen LogP contribution >= 0.6 is 23.4 Å². The zero-order valence-electron chi connectivity index (χ0n) is 12.7. The Labute approximate surface area is 140 Å². The van der Waals surface area contributed by atoms with E-state index >= 15 is 0 Å². The lowest BCUT2D eigenvalue weighted by Crippen LogP contribution is -2.22. The van der Waals surface area contributed by atoms with Gasteiger partial charge in [0.2, 0.25) is 5.91 Å². The quantitative estimate of drug-likeness (QED) is 0.799. The van der Waals surface area contributed by atoms with Crippen LogP contribution in [-0.2, 0) is 4.79 Å². The molecule has 22 heavy (non-hydrogen) atoms. The number of benzene rings is 2. The largest absolute Gasteiger partial charge is 0.495 e. The van der Waals surface area contributed by atoms with E-state index in [0.29, 0.717) is 16.5 Å². The molecule has 0 aliphatic carbocycles. The third-order valence-electron chi connectivity index (χ3n) is 3.12.